The molecule has 0 aromatic carbocycles. The van der Waals surface area contributed by atoms with Crippen LogP contribution in [0.1, 0.15) is 122 Å². The lowest BCUT2D eigenvalue weighted by atomic mass is 9.94. The van der Waals surface area contributed by atoms with Gasteiger partial charge < -0.3 is 10.2 Å². The second kappa shape index (κ2) is 21.0. The summed E-state index contributed by atoms with van der Waals surface area (Å²) in [6.07, 6.45) is 23.5. The first-order chi connectivity index (χ1) is 11.8. The van der Waals surface area contributed by atoms with Crippen LogP contribution in [0.15, 0.2) is 0 Å². The summed E-state index contributed by atoms with van der Waals surface area (Å²) in [5.41, 5.74) is 0. The van der Waals surface area contributed by atoms with Gasteiger partial charge in [0.2, 0.25) is 0 Å². The van der Waals surface area contributed by atoms with Gasteiger partial charge in [-0.15, -0.1) is 0 Å². The summed E-state index contributed by atoms with van der Waals surface area (Å²) in [7, 11) is 0. The van der Waals surface area contributed by atoms with Crippen LogP contribution in [0.3, 0.4) is 0 Å². The molecule has 0 saturated carbocycles. The molecule has 2 N–H and O–H groups in total. The Morgan fingerprint density at radius 2 is 0.875 bits per heavy atom. The van der Waals surface area contributed by atoms with Crippen molar-refractivity contribution in [2.75, 3.05) is 13.2 Å². The van der Waals surface area contributed by atoms with E-state index in [1.165, 1.54) is 109 Å². The SMILES string of the molecule is CCCCCCCCCCC(CO)CCCCCCCCCCO. The molecule has 0 amide bonds. The fraction of sp³-hybridized carbons (Fsp3) is 1.00. The molecule has 0 rings (SSSR count). The fourth-order valence-corrected chi connectivity index (χ4v) is 3.50. The summed E-state index contributed by atoms with van der Waals surface area (Å²) in [6.45, 7) is 3.01. The maximum Gasteiger partial charge on any atom is 0.0459 e. The smallest absolute Gasteiger partial charge is 0.0459 e. The van der Waals surface area contributed by atoms with Crippen LogP contribution in [0.5, 0.6) is 0 Å². The van der Waals surface area contributed by atoms with Gasteiger partial charge in [-0.2, -0.15) is 0 Å². The molecule has 0 aromatic heterocycles. The highest BCUT2D eigenvalue weighted by Gasteiger charge is 2.06. The highest BCUT2D eigenvalue weighted by Crippen LogP contribution is 2.19. The van der Waals surface area contributed by atoms with E-state index in [4.69, 9.17) is 5.11 Å². The van der Waals surface area contributed by atoms with Gasteiger partial charge in [0.1, 0.15) is 0 Å². The van der Waals surface area contributed by atoms with Crippen LogP contribution >= 0.6 is 0 Å². The van der Waals surface area contributed by atoms with Gasteiger partial charge >= 0.3 is 0 Å². The zero-order valence-corrected chi connectivity index (χ0v) is 16.6. The molecule has 1 unspecified atom stereocenters. The van der Waals surface area contributed by atoms with Crippen LogP contribution in [0.25, 0.3) is 0 Å². The van der Waals surface area contributed by atoms with Gasteiger partial charge in [-0.25, -0.2) is 0 Å². The number of hydrogen-bond donors (Lipinski definition) is 2. The van der Waals surface area contributed by atoms with Crippen molar-refractivity contribution in [2.45, 2.75) is 122 Å². The van der Waals surface area contributed by atoms with Crippen LogP contribution < -0.4 is 0 Å². The third kappa shape index (κ3) is 18.3. The number of rotatable bonds is 20. The molecule has 1 atom stereocenters. The van der Waals surface area contributed by atoms with E-state index in [9.17, 15) is 5.11 Å². The van der Waals surface area contributed by atoms with E-state index in [-0.39, 0.29) is 0 Å². The van der Waals surface area contributed by atoms with E-state index in [1.54, 1.807) is 0 Å². The molecular formula is C22H46O2. The van der Waals surface area contributed by atoms with Gasteiger partial charge in [0.05, 0.1) is 0 Å². The lowest BCUT2D eigenvalue weighted by Crippen LogP contribution is -2.06. The summed E-state index contributed by atoms with van der Waals surface area (Å²) in [6, 6.07) is 0. The van der Waals surface area contributed by atoms with Gasteiger partial charge in [-0.05, 0) is 25.2 Å². The predicted octanol–water partition coefficient (Wildman–Crippen LogP) is 6.63. The first-order valence-electron chi connectivity index (χ1n) is 11.1. The van der Waals surface area contributed by atoms with Crippen molar-refractivity contribution in [1.82, 2.24) is 0 Å². The van der Waals surface area contributed by atoms with Crippen molar-refractivity contribution < 1.29 is 10.2 Å². The van der Waals surface area contributed by atoms with Crippen LogP contribution in [-0.4, -0.2) is 23.4 Å². The standard InChI is InChI=1S/C22H46O2/c1-2-3-4-5-6-9-12-15-18-22(21-24)19-16-13-10-7-8-11-14-17-20-23/h22-24H,2-21H2,1H3. The highest BCUT2D eigenvalue weighted by molar-refractivity contribution is 4.59. The van der Waals surface area contributed by atoms with E-state index in [2.05, 4.69) is 6.92 Å². The molecule has 0 fully saturated rings. The molecule has 0 saturated heterocycles. The highest BCUT2D eigenvalue weighted by atomic mass is 16.3. The summed E-state index contributed by atoms with van der Waals surface area (Å²) in [5, 5.41) is 18.3. The molecule has 0 aromatic rings. The lowest BCUT2D eigenvalue weighted by Gasteiger charge is -2.13. The molecular weight excluding hydrogens is 296 g/mol. The molecule has 0 radical (unpaired) electrons. The average Bonchev–Trinajstić information content (AvgIpc) is 2.60. The summed E-state index contributed by atoms with van der Waals surface area (Å²) in [5.74, 6) is 0.551. The number of aliphatic hydroxyl groups excluding tert-OH is 2. The Morgan fingerprint density at radius 3 is 1.25 bits per heavy atom. The Morgan fingerprint density at radius 1 is 0.500 bits per heavy atom. The van der Waals surface area contributed by atoms with Crippen molar-refractivity contribution in [3.05, 3.63) is 0 Å². The summed E-state index contributed by atoms with van der Waals surface area (Å²) < 4.78 is 0. The van der Waals surface area contributed by atoms with E-state index in [1.807, 2.05) is 0 Å². The van der Waals surface area contributed by atoms with Crippen LogP contribution in [0.2, 0.25) is 0 Å². The second-order valence-corrected chi connectivity index (χ2v) is 7.65. The van der Waals surface area contributed by atoms with Gasteiger partial charge in [0.15, 0.2) is 0 Å². The number of hydrogen-bond acceptors (Lipinski definition) is 2. The van der Waals surface area contributed by atoms with Gasteiger partial charge in [-0.1, -0.05) is 103 Å². The van der Waals surface area contributed by atoms with E-state index < -0.39 is 0 Å². The second-order valence-electron chi connectivity index (χ2n) is 7.65. The minimum atomic E-state index is 0.349. The normalized spacial score (nSPS) is 12.6. The maximum atomic E-state index is 9.53. The molecule has 2 heteroatoms. The molecule has 2 nitrogen and oxygen atoms in total. The van der Waals surface area contributed by atoms with Crippen LogP contribution in [0, 0.1) is 5.92 Å². The Hall–Kier alpha value is -0.0800. The number of unbranched alkanes of at least 4 members (excludes halogenated alkanes) is 14. The minimum absolute atomic E-state index is 0.349. The first kappa shape index (κ1) is 23.9. The number of aliphatic hydroxyl groups is 2. The van der Waals surface area contributed by atoms with Gasteiger partial charge in [0.25, 0.3) is 0 Å². The van der Waals surface area contributed by atoms with Gasteiger partial charge in [0, 0.05) is 13.2 Å². The fourth-order valence-electron chi connectivity index (χ4n) is 3.50. The van der Waals surface area contributed by atoms with Crippen molar-refractivity contribution in [3.8, 4) is 0 Å². The third-order valence-electron chi connectivity index (χ3n) is 5.24. The lowest BCUT2D eigenvalue weighted by molar-refractivity contribution is 0.204. The minimum Gasteiger partial charge on any atom is -0.396 e. The molecule has 0 aliphatic heterocycles. The summed E-state index contributed by atoms with van der Waals surface area (Å²) in [4.78, 5) is 0. The molecule has 0 aliphatic carbocycles. The zero-order chi connectivity index (χ0) is 17.7. The van der Waals surface area contributed by atoms with E-state index in [0.717, 1.165) is 6.42 Å². The Bertz CT molecular complexity index is 218. The van der Waals surface area contributed by atoms with E-state index in [0.29, 0.717) is 19.1 Å². The Kier molecular flexibility index (Phi) is 20.9. The average molecular weight is 343 g/mol. The molecule has 146 valence electrons. The molecule has 0 heterocycles. The van der Waals surface area contributed by atoms with Crippen molar-refractivity contribution in [2.24, 2.45) is 5.92 Å². The molecule has 24 heavy (non-hydrogen) atoms. The quantitative estimate of drug-likeness (QED) is 0.244. The topological polar surface area (TPSA) is 40.5 Å². The predicted molar refractivity (Wildman–Crippen MR) is 106 cm³/mol. The monoisotopic (exact) mass is 342 g/mol. The van der Waals surface area contributed by atoms with Crippen molar-refractivity contribution in [3.63, 3.8) is 0 Å². The van der Waals surface area contributed by atoms with Crippen molar-refractivity contribution in [1.29, 1.82) is 0 Å². The van der Waals surface area contributed by atoms with E-state index >= 15 is 0 Å². The first-order valence-corrected chi connectivity index (χ1v) is 11.1. The third-order valence-corrected chi connectivity index (χ3v) is 5.24. The Labute approximate surface area is 152 Å². The maximum absolute atomic E-state index is 9.53. The van der Waals surface area contributed by atoms with Crippen LogP contribution in [-0.2, 0) is 0 Å². The Balaban J connectivity index is 3.28. The molecule has 0 spiro atoms. The van der Waals surface area contributed by atoms with Crippen molar-refractivity contribution >= 4 is 0 Å². The molecule has 0 aliphatic rings. The van der Waals surface area contributed by atoms with Crippen LogP contribution in [0.4, 0.5) is 0 Å². The molecule has 0 bridgehead atoms. The zero-order valence-electron chi connectivity index (χ0n) is 16.6. The largest absolute Gasteiger partial charge is 0.396 e. The summed E-state index contributed by atoms with van der Waals surface area (Å²) >= 11 is 0. The van der Waals surface area contributed by atoms with Gasteiger partial charge in [-0.3, -0.25) is 0 Å².